The lowest BCUT2D eigenvalue weighted by Gasteiger charge is -2.04. The molecule has 0 atom stereocenters. The number of aryl methyl sites for hydroxylation is 1. The molecule has 0 aliphatic heterocycles. The first-order valence-corrected chi connectivity index (χ1v) is 3.83. The van der Waals surface area contributed by atoms with Crippen LogP contribution in [0, 0.1) is 0 Å². The standard InChI is InChI=1S/C8H8F3NO2/c9-8(10,11)3-1-5-2-4-14-6(5)7(12)13/h2,4H,1,3H2,(H2,12,13). The Labute approximate surface area is 77.7 Å². The van der Waals surface area contributed by atoms with Gasteiger partial charge in [0, 0.05) is 12.0 Å². The quantitative estimate of drug-likeness (QED) is 0.822. The zero-order valence-corrected chi connectivity index (χ0v) is 7.10. The summed E-state index contributed by atoms with van der Waals surface area (Å²) in [6, 6.07) is 1.31. The Morgan fingerprint density at radius 1 is 1.50 bits per heavy atom. The van der Waals surface area contributed by atoms with Crippen molar-refractivity contribution in [2.24, 2.45) is 5.73 Å². The van der Waals surface area contributed by atoms with Crippen LogP contribution in [0.2, 0.25) is 0 Å². The largest absolute Gasteiger partial charge is 0.459 e. The molecule has 0 spiro atoms. The average Bonchev–Trinajstić information content (AvgIpc) is 2.46. The fraction of sp³-hybridized carbons (Fsp3) is 0.375. The molecule has 0 fully saturated rings. The van der Waals surface area contributed by atoms with Crippen molar-refractivity contribution < 1.29 is 22.4 Å². The summed E-state index contributed by atoms with van der Waals surface area (Å²) in [5, 5.41) is 0. The Bertz CT molecular complexity index is 330. The van der Waals surface area contributed by atoms with Gasteiger partial charge in [0.25, 0.3) is 5.91 Å². The number of furan rings is 1. The monoisotopic (exact) mass is 207 g/mol. The predicted octanol–water partition coefficient (Wildman–Crippen LogP) is 1.87. The molecule has 3 nitrogen and oxygen atoms in total. The number of hydrogen-bond acceptors (Lipinski definition) is 2. The molecule has 1 aromatic rings. The lowest BCUT2D eigenvalue weighted by molar-refractivity contribution is -0.134. The van der Waals surface area contributed by atoms with Crippen LogP contribution in [0.3, 0.4) is 0 Å². The van der Waals surface area contributed by atoms with Crippen molar-refractivity contribution in [3.8, 4) is 0 Å². The molecular weight excluding hydrogens is 199 g/mol. The molecule has 1 aromatic heterocycles. The van der Waals surface area contributed by atoms with Gasteiger partial charge in [0.05, 0.1) is 6.26 Å². The number of alkyl halides is 3. The van der Waals surface area contributed by atoms with E-state index in [2.05, 4.69) is 4.42 Å². The third kappa shape index (κ3) is 2.79. The number of carbonyl (C=O) groups excluding carboxylic acids is 1. The first kappa shape index (κ1) is 10.6. The predicted molar refractivity (Wildman–Crippen MR) is 41.6 cm³/mol. The highest BCUT2D eigenvalue weighted by molar-refractivity contribution is 5.91. The van der Waals surface area contributed by atoms with Gasteiger partial charge in [-0.05, 0) is 12.5 Å². The van der Waals surface area contributed by atoms with Crippen LogP contribution in [0.15, 0.2) is 16.7 Å². The van der Waals surface area contributed by atoms with E-state index in [9.17, 15) is 18.0 Å². The van der Waals surface area contributed by atoms with Crippen LogP contribution in [0.5, 0.6) is 0 Å². The van der Waals surface area contributed by atoms with Gasteiger partial charge in [-0.3, -0.25) is 4.79 Å². The van der Waals surface area contributed by atoms with Crippen molar-refractivity contribution in [1.82, 2.24) is 0 Å². The van der Waals surface area contributed by atoms with Crippen LogP contribution in [-0.4, -0.2) is 12.1 Å². The van der Waals surface area contributed by atoms with Crippen molar-refractivity contribution >= 4 is 5.91 Å². The second-order valence-corrected chi connectivity index (χ2v) is 2.75. The number of amides is 1. The molecule has 0 saturated heterocycles. The first-order valence-electron chi connectivity index (χ1n) is 3.83. The Hall–Kier alpha value is -1.46. The highest BCUT2D eigenvalue weighted by Crippen LogP contribution is 2.23. The van der Waals surface area contributed by atoms with Gasteiger partial charge in [0.1, 0.15) is 0 Å². The van der Waals surface area contributed by atoms with Crippen LogP contribution in [0.4, 0.5) is 13.2 Å². The maximum atomic E-state index is 11.8. The molecule has 0 saturated carbocycles. The fourth-order valence-corrected chi connectivity index (χ4v) is 1.03. The number of primary amides is 1. The number of hydrogen-bond donors (Lipinski definition) is 1. The van der Waals surface area contributed by atoms with E-state index in [0.29, 0.717) is 0 Å². The zero-order chi connectivity index (χ0) is 10.8. The Morgan fingerprint density at radius 2 is 2.14 bits per heavy atom. The van der Waals surface area contributed by atoms with Crippen LogP contribution >= 0.6 is 0 Å². The van der Waals surface area contributed by atoms with Gasteiger partial charge in [-0.1, -0.05) is 0 Å². The lowest BCUT2D eigenvalue weighted by Crippen LogP contribution is -2.14. The number of halogens is 3. The molecule has 1 heterocycles. The van der Waals surface area contributed by atoms with E-state index in [1.807, 2.05) is 0 Å². The first-order chi connectivity index (χ1) is 6.40. The van der Waals surface area contributed by atoms with Crippen LogP contribution in [0.25, 0.3) is 0 Å². The van der Waals surface area contributed by atoms with Crippen molar-refractivity contribution in [2.45, 2.75) is 19.0 Å². The van der Waals surface area contributed by atoms with E-state index in [-0.39, 0.29) is 17.7 Å². The summed E-state index contributed by atoms with van der Waals surface area (Å²) in [6.45, 7) is 0. The van der Waals surface area contributed by atoms with Crippen LogP contribution < -0.4 is 5.73 Å². The van der Waals surface area contributed by atoms with Crippen molar-refractivity contribution in [3.05, 3.63) is 23.7 Å². The zero-order valence-electron chi connectivity index (χ0n) is 7.10. The van der Waals surface area contributed by atoms with Gasteiger partial charge in [-0.2, -0.15) is 13.2 Å². The number of rotatable bonds is 3. The van der Waals surface area contributed by atoms with E-state index in [1.54, 1.807) is 0 Å². The van der Waals surface area contributed by atoms with E-state index < -0.39 is 18.5 Å². The summed E-state index contributed by atoms with van der Waals surface area (Å²) in [5.41, 5.74) is 5.07. The molecule has 14 heavy (non-hydrogen) atoms. The average molecular weight is 207 g/mol. The molecule has 1 amide bonds. The van der Waals surface area contributed by atoms with Gasteiger partial charge < -0.3 is 10.2 Å². The molecule has 0 aliphatic rings. The molecule has 1 rings (SSSR count). The summed E-state index contributed by atoms with van der Waals surface area (Å²) in [6.07, 6.45) is -4.39. The van der Waals surface area contributed by atoms with Crippen molar-refractivity contribution in [2.75, 3.05) is 0 Å². The van der Waals surface area contributed by atoms with E-state index in [4.69, 9.17) is 5.73 Å². The number of nitrogens with two attached hydrogens (primary N) is 1. The molecule has 0 radical (unpaired) electrons. The summed E-state index contributed by atoms with van der Waals surface area (Å²) in [4.78, 5) is 10.7. The Balaban J connectivity index is 2.68. The SMILES string of the molecule is NC(=O)c1occc1CCC(F)(F)F. The number of carbonyl (C=O) groups is 1. The fourth-order valence-electron chi connectivity index (χ4n) is 1.03. The van der Waals surface area contributed by atoms with Gasteiger partial charge in [-0.15, -0.1) is 0 Å². The minimum atomic E-state index is -4.24. The molecule has 0 aromatic carbocycles. The molecular formula is C8H8F3NO2. The lowest BCUT2D eigenvalue weighted by atomic mass is 10.1. The smallest absolute Gasteiger partial charge is 0.389 e. The normalized spacial score (nSPS) is 11.6. The topological polar surface area (TPSA) is 56.2 Å². The van der Waals surface area contributed by atoms with Crippen LogP contribution in [-0.2, 0) is 6.42 Å². The van der Waals surface area contributed by atoms with E-state index >= 15 is 0 Å². The molecule has 6 heteroatoms. The van der Waals surface area contributed by atoms with Gasteiger partial charge in [-0.25, -0.2) is 0 Å². The van der Waals surface area contributed by atoms with E-state index in [0.717, 1.165) is 6.26 Å². The van der Waals surface area contributed by atoms with Crippen LogP contribution in [0.1, 0.15) is 22.5 Å². The molecule has 2 N–H and O–H groups in total. The highest BCUT2D eigenvalue weighted by Gasteiger charge is 2.27. The summed E-state index contributed by atoms with van der Waals surface area (Å²) in [7, 11) is 0. The molecule has 0 aliphatic carbocycles. The van der Waals surface area contributed by atoms with Gasteiger partial charge >= 0.3 is 6.18 Å². The second kappa shape index (κ2) is 3.73. The van der Waals surface area contributed by atoms with Crippen molar-refractivity contribution in [3.63, 3.8) is 0 Å². The second-order valence-electron chi connectivity index (χ2n) is 2.75. The maximum absolute atomic E-state index is 11.8. The minimum absolute atomic E-state index is 0.190. The Morgan fingerprint density at radius 3 is 2.64 bits per heavy atom. The van der Waals surface area contributed by atoms with Gasteiger partial charge in [0.15, 0.2) is 5.76 Å². The summed E-state index contributed by atoms with van der Waals surface area (Å²) >= 11 is 0. The maximum Gasteiger partial charge on any atom is 0.389 e. The summed E-state index contributed by atoms with van der Waals surface area (Å²) in [5.74, 6) is -1.05. The molecule has 78 valence electrons. The summed E-state index contributed by atoms with van der Waals surface area (Å²) < 4.78 is 40.2. The molecule has 0 unspecified atom stereocenters. The highest BCUT2D eigenvalue weighted by atomic mass is 19.4. The third-order valence-corrected chi connectivity index (χ3v) is 1.65. The third-order valence-electron chi connectivity index (χ3n) is 1.65. The van der Waals surface area contributed by atoms with Gasteiger partial charge in [0.2, 0.25) is 0 Å². The Kier molecular flexibility index (Phi) is 2.83. The van der Waals surface area contributed by atoms with E-state index in [1.165, 1.54) is 6.07 Å². The molecule has 0 bridgehead atoms. The minimum Gasteiger partial charge on any atom is -0.459 e. The van der Waals surface area contributed by atoms with Crippen molar-refractivity contribution in [1.29, 1.82) is 0 Å².